The first-order chi connectivity index (χ1) is 11.2. The molecule has 5 heteroatoms. The minimum atomic E-state index is -0.409. The van der Waals surface area contributed by atoms with Crippen molar-refractivity contribution in [3.63, 3.8) is 0 Å². The van der Waals surface area contributed by atoms with Gasteiger partial charge >= 0.3 is 0 Å². The highest BCUT2D eigenvalue weighted by molar-refractivity contribution is 5.17. The number of hydrogen-bond acceptors (Lipinski definition) is 4. The number of hydrogen-bond donors (Lipinski definition) is 1. The summed E-state index contributed by atoms with van der Waals surface area (Å²) in [5.74, 6) is 3.56. The average Bonchev–Trinajstić information content (AvgIpc) is 3.39. The van der Waals surface area contributed by atoms with Gasteiger partial charge in [0.25, 0.3) is 0 Å². The summed E-state index contributed by atoms with van der Waals surface area (Å²) >= 11 is 0. The van der Waals surface area contributed by atoms with E-state index in [4.69, 9.17) is 4.42 Å². The van der Waals surface area contributed by atoms with Gasteiger partial charge in [-0.2, -0.15) is 5.10 Å². The second-order valence-corrected chi connectivity index (χ2v) is 7.17. The number of aliphatic hydroxyl groups is 1. The Labute approximate surface area is 136 Å². The fourth-order valence-corrected chi connectivity index (χ4v) is 3.33. The Bertz CT molecular complexity index is 632. The lowest BCUT2D eigenvalue weighted by atomic mass is 10.2. The van der Waals surface area contributed by atoms with E-state index < -0.39 is 6.10 Å². The van der Waals surface area contributed by atoms with Crippen LogP contribution in [0.1, 0.15) is 43.6 Å². The summed E-state index contributed by atoms with van der Waals surface area (Å²) in [5.41, 5.74) is 0. The first-order valence-corrected chi connectivity index (χ1v) is 8.67. The standard InChI is InChI=1S/C18H25N3O2/c1-13-9-17(13)18-6-5-16(23-18)12-20(14-3-4-14)10-15(22)11-21-8-2-7-19-21/h2,5-8,13-15,17,22H,3-4,9-12H2,1H3/t13-,15-,17-/m1/s1. The minimum absolute atomic E-state index is 0.409. The van der Waals surface area contributed by atoms with E-state index in [1.807, 2.05) is 12.3 Å². The zero-order valence-corrected chi connectivity index (χ0v) is 13.6. The van der Waals surface area contributed by atoms with Crippen LogP contribution in [0.3, 0.4) is 0 Å². The molecule has 2 aliphatic rings. The molecule has 23 heavy (non-hydrogen) atoms. The predicted molar refractivity (Wildman–Crippen MR) is 86.9 cm³/mol. The van der Waals surface area contributed by atoms with Crippen LogP contribution in [0.4, 0.5) is 0 Å². The van der Waals surface area contributed by atoms with Crippen LogP contribution >= 0.6 is 0 Å². The van der Waals surface area contributed by atoms with Crippen molar-refractivity contribution in [2.45, 2.75) is 57.3 Å². The van der Waals surface area contributed by atoms with Crippen LogP contribution < -0.4 is 0 Å². The normalized spacial score (nSPS) is 25.0. The van der Waals surface area contributed by atoms with Crippen molar-refractivity contribution in [2.24, 2.45) is 5.92 Å². The summed E-state index contributed by atoms with van der Waals surface area (Å²) in [6.45, 7) is 4.27. The molecule has 2 heterocycles. The van der Waals surface area contributed by atoms with Gasteiger partial charge in [0.05, 0.1) is 19.2 Å². The van der Waals surface area contributed by atoms with E-state index in [1.165, 1.54) is 19.3 Å². The molecular formula is C18H25N3O2. The summed E-state index contributed by atoms with van der Waals surface area (Å²) in [7, 11) is 0. The quantitative estimate of drug-likeness (QED) is 0.813. The lowest BCUT2D eigenvalue weighted by Crippen LogP contribution is -2.36. The van der Waals surface area contributed by atoms with Crippen molar-refractivity contribution < 1.29 is 9.52 Å². The van der Waals surface area contributed by atoms with Crippen molar-refractivity contribution >= 4 is 0 Å². The molecule has 0 radical (unpaired) electrons. The first kappa shape index (κ1) is 15.0. The molecule has 124 valence electrons. The Morgan fingerprint density at radius 3 is 2.91 bits per heavy atom. The van der Waals surface area contributed by atoms with Gasteiger partial charge in [0.1, 0.15) is 11.5 Å². The first-order valence-electron chi connectivity index (χ1n) is 8.67. The van der Waals surface area contributed by atoms with Gasteiger partial charge in [0.2, 0.25) is 0 Å². The molecule has 2 saturated carbocycles. The van der Waals surface area contributed by atoms with Crippen LogP contribution in [0, 0.1) is 5.92 Å². The molecule has 4 rings (SSSR count). The van der Waals surface area contributed by atoms with Crippen molar-refractivity contribution in [3.8, 4) is 0 Å². The number of rotatable bonds is 8. The third-order valence-corrected chi connectivity index (χ3v) is 4.98. The summed E-state index contributed by atoms with van der Waals surface area (Å²) in [6, 6.07) is 6.72. The van der Waals surface area contributed by atoms with Gasteiger partial charge in [-0.05, 0) is 43.4 Å². The van der Waals surface area contributed by atoms with Gasteiger partial charge in [0, 0.05) is 30.9 Å². The molecule has 0 spiro atoms. The zero-order valence-electron chi connectivity index (χ0n) is 13.6. The maximum Gasteiger partial charge on any atom is 0.118 e. The van der Waals surface area contributed by atoms with Crippen molar-refractivity contribution in [2.75, 3.05) is 6.54 Å². The number of nitrogens with zero attached hydrogens (tertiary/aromatic N) is 3. The second kappa shape index (κ2) is 6.13. The Morgan fingerprint density at radius 1 is 1.43 bits per heavy atom. The number of aliphatic hydroxyl groups excluding tert-OH is 1. The van der Waals surface area contributed by atoms with E-state index in [-0.39, 0.29) is 0 Å². The van der Waals surface area contributed by atoms with Gasteiger partial charge < -0.3 is 9.52 Å². The van der Waals surface area contributed by atoms with Gasteiger partial charge in [-0.15, -0.1) is 0 Å². The predicted octanol–water partition coefficient (Wildman–Crippen LogP) is 2.63. The van der Waals surface area contributed by atoms with Crippen LogP contribution in [-0.4, -0.2) is 38.5 Å². The third kappa shape index (κ3) is 3.67. The van der Waals surface area contributed by atoms with E-state index in [1.54, 1.807) is 10.9 Å². The Kier molecular flexibility index (Phi) is 3.99. The monoisotopic (exact) mass is 315 g/mol. The van der Waals surface area contributed by atoms with Crippen LogP contribution in [0.2, 0.25) is 0 Å². The Hall–Kier alpha value is -1.59. The van der Waals surface area contributed by atoms with Crippen LogP contribution in [-0.2, 0) is 13.1 Å². The van der Waals surface area contributed by atoms with E-state index in [0.29, 0.717) is 25.0 Å². The molecule has 5 nitrogen and oxygen atoms in total. The summed E-state index contributed by atoms with van der Waals surface area (Å²) in [5, 5.41) is 14.5. The van der Waals surface area contributed by atoms with E-state index in [9.17, 15) is 5.11 Å². The third-order valence-electron chi connectivity index (χ3n) is 4.98. The highest BCUT2D eigenvalue weighted by Gasteiger charge is 2.37. The molecule has 0 aromatic carbocycles. The van der Waals surface area contributed by atoms with Crippen molar-refractivity contribution in [1.29, 1.82) is 0 Å². The fraction of sp³-hybridized carbons (Fsp3) is 0.611. The molecule has 2 aromatic heterocycles. The molecule has 0 unspecified atom stereocenters. The molecule has 2 aliphatic carbocycles. The Morgan fingerprint density at radius 2 is 2.26 bits per heavy atom. The molecule has 1 N–H and O–H groups in total. The van der Waals surface area contributed by atoms with Gasteiger partial charge in [-0.25, -0.2) is 0 Å². The fourth-order valence-electron chi connectivity index (χ4n) is 3.33. The highest BCUT2D eigenvalue weighted by atomic mass is 16.3. The summed E-state index contributed by atoms with van der Waals surface area (Å²) in [6.07, 6.45) is 6.92. The van der Waals surface area contributed by atoms with Crippen molar-refractivity contribution in [3.05, 3.63) is 42.1 Å². The van der Waals surface area contributed by atoms with Crippen molar-refractivity contribution in [1.82, 2.24) is 14.7 Å². The second-order valence-electron chi connectivity index (χ2n) is 7.17. The van der Waals surface area contributed by atoms with Crippen LogP contribution in [0.5, 0.6) is 0 Å². The number of aromatic nitrogens is 2. The molecule has 3 atom stereocenters. The SMILES string of the molecule is C[C@@H]1C[C@H]1c1ccc(CN(C[C@@H](O)Cn2cccn2)C2CC2)o1. The van der Waals surface area contributed by atoms with E-state index in [2.05, 4.69) is 29.1 Å². The molecule has 0 aliphatic heterocycles. The maximum absolute atomic E-state index is 10.4. The molecule has 2 fully saturated rings. The Balaban J connectivity index is 1.35. The molecular weight excluding hydrogens is 290 g/mol. The lowest BCUT2D eigenvalue weighted by molar-refractivity contribution is 0.0839. The van der Waals surface area contributed by atoms with Crippen LogP contribution in [0.25, 0.3) is 0 Å². The average molecular weight is 315 g/mol. The zero-order chi connectivity index (χ0) is 15.8. The summed E-state index contributed by atoms with van der Waals surface area (Å²) < 4.78 is 7.82. The molecule has 0 saturated heterocycles. The maximum atomic E-state index is 10.4. The summed E-state index contributed by atoms with van der Waals surface area (Å²) in [4.78, 5) is 2.35. The molecule has 0 bridgehead atoms. The molecule has 0 amide bonds. The van der Waals surface area contributed by atoms with Gasteiger partial charge in [-0.1, -0.05) is 6.92 Å². The van der Waals surface area contributed by atoms with E-state index >= 15 is 0 Å². The van der Waals surface area contributed by atoms with Gasteiger partial charge in [0.15, 0.2) is 0 Å². The number of furan rings is 1. The highest BCUT2D eigenvalue weighted by Crippen LogP contribution is 2.47. The topological polar surface area (TPSA) is 54.4 Å². The smallest absolute Gasteiger partial charge is 0.118 e. The van der Waals surface area contributed by atoms with Gasteiger partial charge in [-0.3, -0.25) is 9.58 Å². The van der Waals surface area contributed by atoms with E-state index in [0.717, 1.165) is 24.0 Å². The minimum Gasteiger partial charge on any atom is -0.464 e. The lowest BCUT2D eigenvalue weighted by Gasteiger charge is -2.24. The van der Waals surface area contributed by atoms with Crippen LogP contribution in [0.15, 0.2) is 35.0 Å². The largest absolute Gasteiger partial charge is 0.464 e. The molecule has 2 aromatic rings.